The normalized spacial score (nSPS) is 14.4. The van der Waals surface area contributed by atoms with Crippen molar-refractivity contribution in [3.63, 3.8) is 0 Å². The Morgan fingerprint density at radius 1 is 0.531 bits per heavy atom. The Labute approximate surface area is 415 Å². The number of para-hydroxylation sites is 1. The Balaban J connectivity index is 0.00000340. The fourth-order valence-electron chi connectivity index (χ4n) is 6.83. The average Bonchev–Trinajstić information content (AvgIpc) is 3.27. The van der Waals surface area contributed by atoms with Crippen molar-refractivity contribution in [2.24, 2.45) is 0 Å². The molecule has 0 spiro atoms. The fraction of sp³-hybridized carbons (Fsp3) is 0.238. The van der Waals surface area contributed by atoms with Crippen LogP contribution in [0, 0.1) is 0 Å². The summed E-state index contributed by atoms with van der Waals surface area (Å²) in [5, 5.41) is 6.13. The van der Waals surface area contributed by atoms with Gasteiger partial charge in [-0.3, -0.25) is 0 Å². The van der Waals surface area contributed by atoms with Crippen LogP contribution < -0.4 is 79.5 Å². The SMILES string of the molecule is O=S(=O)([O-])c1cc(Cc2nc(Cc3ccccc3)nc(N3CCOCC3)n2)ccc1/C=C/c1ccc(Nc2nc(Nc3ccccc3)nc(N3CCOCC3)n2)cc1S(=O)(=O)[O-].[Na+].[Na+]. The maximum absolute atomic E-state index is 12.7. The van der Waals surface area contributed by atoms with Crippen LogP contribution in [0.1, 0.15) is 33.9 Å². The van der Waals surface area contributed by atoms with Crippen molar-refractivity contribution in [2.75, 3.05) is 73.0 Å². The maximum Gasteiger partial charge on any atom is 1.00 e. The van der Waals surface area contributed by atoms with Crippen LogP contribution in [0.2, 0.25) is 0 Å². The van der Waals surface area contributed by atoms with E-state index in [2.05, 4.69) is 30.6 Å². The van der Waals surface area contributed by atoms with E-state index in [1.54, 1.807) is 6.07 Å². The molecule has 2 saturated heterocycles. The van der Waals surface area contributed by atoms with E-state index < -0.39 is 30.0 Å². The monoisotopic (exact) mass is 922 g/mol. The second kappa shape index (κ2) is 22.2. The summed E-state index contributed by atoms with van der Waals surface area (Å²) in [6.45, 7) is 4.25. The summed E-state index contributed by atoms with van der Waals surface area (Å²) >= 11 is 0. The molecule has 2 aliphatic heterocycles. The molecule has 0 radical (unpaired) electrons. The molecule has 18 nitrogen and oxygen atoms in total. The van der Waals surface area contributed by atoms with Gasteiger partial charge in [-0.1, -0.05) is 78.9 Å². The third-order valence-corrected chi connectivity index (χ3v) is 11.6. The van der Waals surface area contributed by atoms with Gasteiger partial charge in [0.15, 0.2) is 0 Å². The van der Waals surface area contributed by atoms with Gasteiger partial charge in [0.05, 0.1) is 36.2 Å². The van der Waals surface area contributed by atoms with Crippen molar-refractivity contribution < 1.29 is 94.5 Å². The van der Waals surface area contributed by atoms with Gasteiger partial charge < -0.3 is 39.0 Å². The van der Waals surface area contributed by atoms with Crippen molar-refractivity contribution >= 4 is 67.6 Å². The number of nitrogens with one attached hydrogen (secondary N) is 2. The van der Waals surface area contributed by atoms with Crippen LogP contribution in [0.4, 0.5) is 35.2 Å². The molecule has 4 heterocycles. The van der Waals surface area contributed by atoms with Crippen LogP contribution in [0.3, 0.4) is 0 Å². The van der Waals surface area contributed by atoms with Crippen LogP contribution in [0.15, 0.2) is 107 Å². The molecule has 8 rings (SSSR count). The first-order chi connectivity index (χ1) is 29.9. The quantitative estimate of drug-likeness (QED) is 0.0709. The molecule has 22 heteroatoms. The van der Waals surface area contributed by atoms with E-state index in [1.165, 1.54) is 36.4 Å². The largest absolute Gasteiger partial charge is 1.00 e. The summed E-state index contributed by atoms with van der Waals surface area (Å²) in [6, 6.07) is 27.3. The van der Waals surface area contributed by atoms with Gasteiger partial charge in [-0.15, -0.1) is 0 Å². The van der Waals surface area contributed by atoms with Gasteiger partial charge in [-0.25, -0.2) is 21.8 Å². The predicted octanol–water partition coefficient (Wildman–Crippen LogP) is -1.61. The van der Waals surface area contributed by atoms with Gasteiger partial charge in [-0.05, 0) is 52.6 Å². The van der Waals surface area contributed by atoms with E-state index in [-0.39, 0.29) is 94.2 Å². The van der Waals surface area contributed by atoms with Crippen LogP contribution in [-0.4, -0.2) is 108 Å². The molecule has 0 atom stereocenters. The first-order valence-electron chi connectivity index (χ1n) is 19.6. The standard InChI is InChI=1S/C42H42N10O8S2.2Na/c53-61(54,55)35-25-30(27-38-45-37(26-29-7-3-1-4-8-29)46-41(47-38)51-17-21-59-22-18-51)11-12-31(35)13-14-32-15-16-34(28-36(32)62(56,57)58)44-40-48-39(43-33-9-5-2-6-10-33)49-42(50-40)52-19-23-60-24-20-52;;/h1-16,25,28H,17-24,26-27H2,(H,53,54,55)(H,56,57,58)(H2,43,44,48,49,50);;/q;2*+1/p-2/b14-13+;;. The molecular weight excluding hydrogens is 883 g/mol. The number of ether oxygens (including phenoxy) is 2. The summed E-state index contributed by atoms with van der Waals surface area (Å²) in [6.07, 6.45) is 3.05. The number of hydrogen-bond donors (Lipinski definition) is 2. The number of benzene rings is 4. The third-order valence-electron chi connectivity index (χ3n) is 9.85. The average molecular weight is 923 g/mol. The first-order valence-corrected chi connectivity index (χ1v) is 22.4. The number of anilines is 6. The van der Waals surface area contributed by atoms with Crippen LogP contribution in [0.5, 0.6) is 0 Å². The van der Waals surface area contributed by atoms with Crippen molar-refractivity contribution in [2.45, 2.75) is 22.6 Å². The molecule has 2 aromatic heterocycles. The number of rotatable bonds is 14. The van der Waals surface area contributed by atoms with Gasteiger partial charge in [0, 0.05) is 50.4 Å². The molecule has 0 amide bonds. The van der Waals surface area contributed by atoms with Crippen LogP contribution in [0.25, 0.3) is 12.2 Å². The van der Waals surface area contributed by atoms with E-state index in [4.69, 9.17) is 19.4 Å². The summed E-state index contributed by atoms with van der Waals surface area (Å²) in [5.41, 5.74) is 2.27. The van der Waals surface area contributed by atoms with Gasteiger partial charge in [-0.2, -0.15) is 24.9 Å². The molecular formula is C42H40N10Na2O8S2. The molecule has 0 bridgehead atoms. The van der Waals surface area contributed by atoms with Gasteiger partial charge in [0.25, 0.3) is 0 Å². The number of aromatic nitrogens is 6. The van der Waals surface area contributed by atoms with E-state index >= 15 is 0 Å². The Morgan fingerprint density at radius 2 is 1.00 bits per heavy atom. The van der Waals surface area contributed by atoms with Crippen molar-refractivity contribution in [1.82, 2.24) is 29.9 Å². The van der Waals surface area contributed by atoms with Gasteiger partial charge in [0.1, 0.15) is 31.9 Å². The molecule has 320 valence electrons. The summed E-state index contributed by atoms with van der Waals surface area (Å²) < 4.78 is 86.8. The molecule has 6 aromatic rings. The van der Waals surface area contributed by atoms with Crippen LogP contribution >= 0.6 is 0 Å². The molecule has 2 aliphatic rings. The Hall–Kier alpha value is -4.42. The van der Waals surface area contributed by atoms with E-state index in [1.807, 2.05) is 70.5 Å². The minimum absolute atomic E-state index is 0. The first kappa shape index (κ1) is 49.0. The molecule has 2 N–H and O–H groups in total. The second-order valence-electron chi connectivity index (χ2n) is 14.3. The second-order valence-corrected chi connectivity index (χ2v) is 17.0. The summed E-state index contributed by atoms with van der Waals surface area (Å²) in [7, 11) is -10.1. The molecule has 2 fully saturated rings. The predicted molar refractivity (Wildman–Crippen MR) is 229 cm³/mol. The van der Waals surface area contributed by atoms with Gasteiger partial charge >= 0.3 is 59.1 Å². The summed E-state index contributed by atoms with van der Waals surface area (Å²) in [4.78, 5) is 30.5. The van der Waals surface area contributed by atoms with Gasteiger partial charge in [0.2, 0.25) is 23.8 Å². The zero-order chi connectivity index (χ0) is 43.1. The number of hydrogen-bond acceptors (Lipinski definition) is 18. The van der Waals surface area contributed by atoms with Crippen molar-refractivity contribution in [1.29, 1.82) is 0 Å². The molecule has 64 heavy (non-hydrogen) atoms. The third kappa shape index (κ3) is 13.1. The minimum Gasteiger partial charge on any atom is -0.744 e. The molecule has 4 aromatic carbocycles. The van der Waals surface area contributed by atoms with Crippen LogP contribution in [-0.2, 0) is 42.6 Å². The molecule has 0 saturated carbocycles. The Morgan fingerprint density at radius 3 is 1.55 bits per heavy atom. The number of morpholine rings is 2. The number of nitrogens with zero attached hydrogens (tertiary/aromatic N) is 8. The minimum atomic E-state index is -5.08. The summed E-state index contributed by atoms with van der Waals surface area (Å²) in [5.74, 6) is 2.03. The van der Waals surface area contributed by atoms with Crippen molar-refractivity contribution in [3.05, 3.63) is 131 Å². The Bertz CT molecular complexity index is 2610. The fourth-order valence-corrected chi connectivity index (χ4v) is 8.25. The van der Waals surface area contributed by atoms with E-state index in [0.29, 0.717) is 88.1 Å². The van der Waals surface area contributed by atoms with E-state index in [9.17, 15) is 25.9 Å². The Kier molecular flexibility index (Phi) is 17.0. The zero-order valence-electron chi connectivity index (χ0n) is 35.1. The smallest absolute Gasteiger partial charge is 0.744 e. The zero-order valence-corrected chi connectivity index (χ0v) is 40.8. The maximum atomic E-state index is 12.7. The van der Waals surface area contributed by atoms with Crippen molar-refractivity contribution in [3.8, 4) is 0 Å². The molecule has 0 aliphatic carbocycles. The van der Waals surface area contributed by atoms with E-state index in [0.717, 1.165) is 17.3 Å². The topological polar surface area (TPSA) is 241 Å². The molecule has 0 unspecified atom stereocenters.